The summed E-state index contributed by atoms with van der Waals surface area (Å²) in [5, 5.41) is 34.6. The lowest BCUT2D eigenvalue weighted by atomic mass is 10.4. The Balaban J connectivity index is 0.000000485. The van der Waals surface area contributed by atoms with E-state index < -0.39 is 0 Å². The molecule has 1 fully saturated rings. The van der Waals surface area contributed by atoms with Gasteiger partial charge in [0.1, 0.15) is 12.7 Å². The minimum Gasteiger partial charge on any atom is -0.318 e. The van der Waals surface area contributed by atoms with Crippen LogP contribution < -0.4 is 5.43 Å². The normalized spacial score (nSPS) is 14.2. The van der Waals surface area contributed by atoms with E-state index in [1.807, 2.05) is 29.6 Å². The standard InChI is InChI=1S/C6H14N2.C5H9N3.C5H11N3.2C5H9N3.CH4/c1-6(2)8-5-3-4-7-8;1-5(2)8-3-6-7-4-8;2*1-5(2)8-4-3-6-7-8;1-5(2)8-6-3-4-7-8;/h6-7H,3-5H2,1-2H3;3-5H,1-2H3;5H,3-4H2,1-2H3;2*3-5H,1-2H3;1H4. The third-order valence-electron chi connectivity index (χ3n) is 5.62. The lowest BCUT2D eigenvalue weighted by molar-refractivity contribution is 0.200. The second-order valence-corrected chi connectivity index (χ2v) is 10.7. The molecule has 1 saturated heterocycles. The molecule has 234 valence electrons. The summed E-state index contributed by atoms with van der Waals surface area (Å²) in [6.45, 7) is 25.3. The smallest absolute Gasteiger partial charge is 0.119 e. The highest BCUT2D eigenvalue weighted by molar-refractivity contribution is 4.67. The quantitative estimate of drug-likeness (QED) is 0.450. The Bertz CT molecular complexity index is 867. The van der Waals surface area contributed by atoms with Crippen molar-refractivity contribution in [2.45, 2.75) is 113 Å². The number of hydrogen-bond acceptors (Lipinski definition) is 11. The Labute approximate surface area is 247 Å². The van der Waals surface area contributed by atoms with Crippen molar-refractivity contribution >= 4 is 0 Å². The van der Waals surface area contributed by atoms with Crippen LogP contribution in [-0.4, -0.2) is 93.0 Å². The van der Waals surface area contributed by atoms with Crippen LogP contribution in [0.4, 0.5) is 0 Å². The molecule has 3 aromatic rings. The molecule has 14 heteroatoms. The summed E-state index contributed by atoms with van der Waals surface area (Å²) < 4.78 is 3.75. The summed E-state index contributed by atoms with van der Waals surface area (Å²) >= 11 is 0. The number of nitrogens with one attached hydrogen (secondary N) is 1. The largest absolute Gasteiger partial charge is 0.318 e. The van der Waals surface area contributed by atoms with Crippen molar-refractivity contribution in [2.24, 2.45) is 10.3 Å². The zero-order chi connectivity index (χ0) is 29.9. The first-order valence-corrected chi connectivity index (χ1v) is 14.2. The monoisotopic (exact) mass is 576 g/mol. The molecule has 0 atom stereocenters. The summed E-state index contributed by atoms with van der Waals surface area (Å²) in [6, 6.07) is 2.46. The van der Waals surface area contributed by atoms with Gasteiger partial charge >= 0.3 is 0 Å². The number of rotatable bonds is 5. The Kier molecular flexibility index (Phi) is 19.8. The average Bonchev–Trinajstić information content (AvgIpc) is 3.74. The minimum absolute atomic E-state index is 0. The Morgan fingerprint density at radius 3 is 1.56 bits per heavy atom. The Hall–Kier alpha value is -3.26. The minimum atomic E-state index is 0. The van der Waals surface area contributed by atoms with Gasteiger partial charge in [0, 0.05) is 43.5 Å². The fourth-order valence-electron chi connectivity index (χ4n) is 3.13. The van der Waals surface area contributed by atoms with E-state index in [4.69, 9.17) is 0 Å². The number of nitrogens with zero attached hydrogens (tertiary/aromatic N) is 13. The number of aromatic nitrogens is 9. The van der Waals surface area contributed by atoms with Gasteiger partial charge in [0.25, 0.3) is 0 Å². The van der Waals surface area contributed by atoms with Crippen LogP contribution in [0.2, 0.25) is 0 Å². The molecule has 0 spiro atoms. The highest BCUT2D eigenvalue weighted by Gasteiger charge is 2.12. The third-order valence-corrected chi connectivity index (χ3v) is 5.62. The SMILES string of the molecule is C.CC(C)N1CCCN1.CC(C)N1CCN=N1.CC(C)n1ccnn1.CC(C)n1cnnc1.CC(C)n1nccn1. The predicted molar refractivity (Wildman–Crippen MR) is 164 cm³/mol. The van der Waals surface area contributed by atoms with Gasteiger partial charge in [0.2, 0.25) is 0 Å². The maximum Gasteiger partial charge on any atom is 0.119 e. The van der Waals surface area contributed by atoms with Crippen molar-refractivity contribution in [3.63, 3.8) is 0 Å². The molecule has 0 unspecified atom stereocenters. The van der Waals surface area contributed by atoms with E-state index in [9.17, 15) is 0 Å². The first-order chi connectivity index (χ1) is 19.0. The summed E-state index contributed by atoms with van der Waals surface area (Å²) in [5.41, 5.74) is 3.29. The zero-order valence-electron chi connectivity index (χ0n) is 26.2. The van der Waals surface area contributed by atoms with Crippen LogP contribution in [0.15, 0.2) is 47.8 Å². The van der Waals surface area contributed by atoms with Crippen LogP contribution >= 0.6 is 0 Å². The molecular weight excluding hydrogens is 520 g/mol. The van der Waals surface area contributed by atoms with Crippen molar-refractivity contribution in [1.29, 1.82) is 0 Å². The maximum atomic E-state index is 3.92. The van der Waals surface area contributed by atoms with E-state index in [2.05, 4.69) is 107 Å². The number of hydrazine groups is 1. The lowest BCUT2D eigenvalue weighted by Crippen LogP contribution is -2.36. The second kappa shape index (κ2) is 21.5. The van der Waals surface area contributed by atoms with Crippen molar-refractivity contribution in [1.82, 2.24) is 60.2 Å². The van der Waals surface area contributed by atoms with Crippen molar-refractivity contribution in [3.8, 4) is 0 Å². The van der Waals surface area contributed by atoms with Gasteiger partial charge in [-0.05, 0) is 75.7 Å². The molecule has 0 saturated carbocycles. The van der Waals surface area contributed by atoms with Crippen molar-refractivity contribution in [2.75, 3.05) is 26.2 Å². The van der Waals surface area contributed by atoms with Gasteiger partial charge in [0.15, 0.2) is 0 Å². The molecule has 0 amide bonds. The highest BCUT2D eigenvalue weighted by atomic mass is 15.6. The molecule has 2 aliphatic heterocycles. The van der Waals surface area contributed by atoms with Gasteiger partial charge in [-0.2, -0.15) is 20.1 Å². The Morgan fingerprint density at radius 1 is 0.683 bits per heavy atom. The molecular formula is C27H56N14. The van der Waals surface area contributed by atoms with E-state index in [1.165, 1.54) is 13.0 Å². The molecule has 14 nitrogen and oxygen atoms in total. The van der Waals surface area contributed by atoms with Crippen LogP contribution in [0.25, 0.3) is 0 Å². The van der Waals surface area contributed by atoms with Crippen LogP contribution in [0, 0.1) is 0 Å². The van der Waals surface area contributed by atoms with Crippen molar-refractivity contribution in [3.05, 3.63) is 37.4 Å². The third kappa shape index (κ3) is 16.6. The summed E-state index contributed by atoms with van der Waals surface area (Å²) in [4.78, 5) is 1.67. The van der Waals surface area contributed by atoms with Gasteiger partial charge in [-0.15, -0.1) is 15.3 Å². The molecule has 5 rings (SSSR count). The van der Waals surface area contributed by atoms with E-state index in [0.29, 0.717) is 30.2 Å². The molecule has 0 radical (unpaired) electrons. The molecule has 0 aromatic carbocycles. The van der Waals surface area contributed by atoms with Crippen LogP contribution in [0.3, 0.4) is 0 Å². The van der Waals surface area contributed by atoms with Gasteiger partial charge in [0.05, 0.1) is 37.7 Å². The topological polar surface area (TPSA) is 135 Å². The fraction of sp³-hybridized carbons (Fsp3) is 0.778. The van der Waals surface area contributed by atoms with Gasteiger partial charge in [-0.25, -0.2) is 5.01 Å². The van der Waals surface area contributed by atoms with E-state index in [-0.39, 0.29) is 7.43 Å². The molecule has 0 aliphatic carbocycles. The van der Waals surface area contributed by atoms with E-state index in [0.717, 1.165) is 19.6 Å². The Morgan fingerprint density at radius 2 is 1.32 bits per heavy atom. The number of hydrogen-bond donors (Lipinski definition) is 1. The van der Waals surface area contributed by atoms with Gasteiger partial charge in [-0.3, -0.25) is 15.1 Å². The summed E-state index contributed by atoms with van der Waals surface area (Å²) in [6.07, 6.45) is 11.6. The fourth-order valence-corrected chi connectivity index (χ4v) is 3.13. The molecule has 41 heavy (non-hydrogen) atoms. The zero-order valence-corrected chi connectivity index (χ0v) is 26.2. The molecule has 0 bridgehead atoms. The van der Waals surface area contributed by atoms with E-state index in [1.54, 1.807) is 40.7 Å². The van der Waals surface area contributed by atoms with Gasteiger partial charge in [-0.1, -0.05) is 17.9 Å². The molecule has 3 aromatic heterocycles. The molecule has 2 aliphatic rings. The van der Waals surface area contributed by atoms with Crippen LogP contribution in [0.1, 0.15) is 101 Å². The van der Waals surface area contributed by atoms with E-state index >= 15 is 0 Å². The predicted octanol–water partition coefficient (Wildman–Crippen LogP) is 4.90. The molecule has 1 N–H and O–H groups in total. The van der Waals surface area contributed by atoms with Crippen LogP contribution in [-0.2, 0) is 0 Å². The summed E-state index contributed by atoms with van der Waals surface area (Å²) in [5.74, 6) is 0. The summed E-state index contributed by atoms with van der Waals surface area (Å²) in [7, 11) is 0. The van der Waals surface area contributed by atoms with Crippen molar-refractivity contribution < 1.29 is 0 Å². The highest BCUT2D eigenvalue weighted by Crippen LogP contribution is 2.04. The maximum absolute atomic E-state index is 3.92. The second-order valence-electron chi connectivity index (χ2n) is 10.7. The average molecular weight is 577 g/mol. The van der Waals surface area contributed by atoms with Gasteiger partial charge < -0.3 is 4.57 Å². The molecule has 5 heterocycles. The first kappa shape index (κ1) is 37.7. The van der Waals surface area contributed by atoms with Crippen LogP contribution in [0.5, 0.6) is 0 Å². The first-order valence-electron chi connectivity index (χ1n) is 14.2. The lowest BCUT2D eigenvalue weighted by Gasteiger charge is -2.18.